The number of rotatable bonds is 10. The average Bonchev–Trinajstić information content (AvgIpc) is 2.70. The van der Waals surface area contributed by atoms with Crippen molar-refractivity contribution in [2.45, 2.75) is 33.1 Å². The van der Waals surface area contributed by atoms with Gasteiger partial charge in [-0.3, -0.25) is 9.59 Å². The van der Waals surface area contributed by atoms with Crippen molar-refractivity contribution in [3.8, 4) is 11.5 Å². The third-order valence-electron chi connectivity index (χ3n) is 4.48. The highest BCUT2D eigenvalue weighted by molar-refractivity contribution is 5.94. The molecule has 0 aromatic heterocycles. The number of carbonyl (C=O) groups excluding carboxylic acids is 2. The molecule has 1 N–H and O–H groups in total. The molecule has 0 bridgehead atoms. The van der Waals surface area contributed by atoms with Gasteiger partial charge in [0, 0.05) is 25.2 Å². The Labute approximate surface area is 172 Å². The van der Waals surface area contributed by atoms with Crippen molar-refractivity contribution in [3.63, 3.8) is 0 Å². The molecule has 6 heteroatoms. The molecule has 1 unspecified atom stereocenters. The summed E-state index contributed by atoms with van der Waals surface area (Å²) in [6, 6.07) is 15.1. The number of carbonyl (C=O) groups is 2. The normalized spacial score (nSPS) is 11.4. The first-order valence-corrected chi connectivity index (χ1v) is 9.93. The summed E-state index contributed by atoms with van der Waals surface area (Å²) in [4.78, 5) is 26.3. The minimum Gasteiger partial charge on any atom is -0.490 e. The third-order valence-corrected chi connectivity index (χ3v) is 4.48. The molecule has 0 fully saturated rings. The van der Waals surface area contributed by atoms with Crippen molar-refractivity contribution in [2.24, 2.45) is 0 Å². The summed E-state index contributed by atoms with van der Waals surface area (Å²) < 4.78 is 11.1. The van der Waals surface area contributed by atoms with Crippen LogP contribution in [0.25, 0.3) is 0 Å². The van der Waals surface area contributed by atoms with E-state index >= 15 is 0 Å². The molecule has 0 saturated heterocycles. The van der Waals surface area contributed by atoms with E-state index in [1.165, 1.54) is 4.90 Å². The van der Waals surface area contributed by atoms with E-state index in [9.17, 15) is 9.59 Å². The number of nitrogens with zero attached hydrogens (tertiary/aromatic N) is 1. The molecule has 6 nitrogen and oxygen atoms in total. The van der Waals surface area contributed by atoms with Crippen molar-refractivity contribution < 1.29 is 19.1 Å². The van der Waals surface area contributed by atoms with Gasteiger partial charge in [0.1, 0.15) is 0 Å². The largest absolute Gasteiger partial charge is 0.490 e. The SMILES string of the molecule is CCOc1ccc(NC(=O)CN(C)C(=O)CC(C)c2ccccc2)cc1OCC. The number of benzene rings is 2. The first-order chi connectivity index (χ1) is 13.9. The van der Waals surface area contributed by atoms with Gasteiger partial charge in [-0.15, -0.1) is 0 Å². The van der Waals surface area contributed by atoms with Gasteiger partial charge in [-0.2, -0.15) is 0 Å². The van der Waals surface area contributed by atoms with Crippen LogP contribution in [-0.4, -0.2) is 43.5 Å². The van der Waals surface area contributed by atoms with E-state index in [2.05, 4.69) is 5.32 Å². The molecule has 156 valence electrons. The van der Waals surface area contributed by atoms with E-state index in [1.807, 2.05) is 51.1 Å². The Balaban J connectivity index is 1.92. The van der Waals surface area contributed by atoms with Gasteiger partial charge < -0.3 is 19.7 Å². The van der Waals surface area contributed by atoms with Crippen LogP contribution in [0.2, 0.25) is 0 Å². The van der Waals surface area contributed by atoms with Crippen LogP contribution in [0.4, 0.5) is 5.69 Å². The van der Waals surface area contributed by atoms with Crippen LogP contribution in [0, 0.1) is 0 Å². The molecule has 2 aromatic carbocycles. The molecule has 0 saturated carbocycles. The van der Waals surface area contributed by atoms with E-state index in [1.54, 1.807) is 25.2 Å². The summed E-state index contributed by atoms with van der Waals surface area (Å²) in [7, 11) is 1.64. The van der Waals surface area contributed by atoms with Crippen LogP contribution < -0.4 is 14.8 Å². The van der Waals surface area contributed by atoms with Crippen LogP contribution >= 0.6 is 0 Å². The van der Waals surface area contributed by atoms with Gasteiger partial charge in [0.05, 0.1) is 19.8 Å². The maximum absolute atomic E-state index is 12.5. The Hall–Kier alpha value is -3.02. The molecule has 2 aromatic rings. The number of anilines is 1. The third kappa shape index (κ3) is 6.82. The maximum atomic E-state index is 12.5. The number of nitrogens with one attached hydrogen (secondary N) is 1. The summed E-state index contributed by atoms with van der Waals surface area (Å²) in [5, 5.41) is 2.81. The number of hydrogen-bond donors (Lipinski definition) is 1. The zero-order valence-corrected chi connectivity index (χ0v) is 17.6. The zero-order chi connectivity index (χ0) is 21.2. The fraction of sp³-hybridized carbons (Fsp3) is 0.391. The van der Waals surface area contributed by atoms with Crippen LogP contribution in [0.1, 0.15) is 38.7 Å². The molecule has 0 spiro atoms. The topological polar surface area (TPSA) is 67.9 Å². The lowest BCUT2D eigenvalue weighted by Gasteiger charge is -2.20. The summed E-state index contributed by atoms with van der Waals surface area (Å²) in [6.07, 6.45) is 0.353. The molecular weight excluding hydrogens is 368 g/mol. The minimum atomic E-state index is -0.264. The van der Waals surface area contributed by atoms with Crippen LogP contribution in [-0.2, 0) is 9.59 Å². The number of likely N-dealkylation sites (N-methyl/N-ethyl adjacent to an activating group) is 1. The van der Waals surface area contributed by atoms with Crippen molar-refractivity contribution in [1.82, 2.24) is 4.90 Å². The second-order valence-corrected chi connectivity index (χ2v) is 6.84. The molecule has 1 atom stereocenters. The van der Waals surface area contributed by atoms with Gasteiger partial charge in [0.25, 0.3) is 0 Å². The molecule has 0 aliphatic rings. The minimum absolute atomic E-state index is 0.0163. The molecule has 2 rings (SSSR count). The van der Waals surface area contributed by atoms with E-state index in [0.717, 1.165) is 5.56 Å². The fourth-order valence-corrected chi connectivity index (χ4v) is 2.95. The highest BCUT2D eigenvalue weighted by Crippen LogP contribution is 2.30. The lowest BCUT2D eigenvalue weighted by molar-refractivity contribution is -0.133. The van der Waals surface area contributed by atoms with Crippen LogP contribution in [0.15, 0.2) is 48.5 Å². The van der Waals surface area contributed by atoms with Gasteiger partial charge in [0.2, 0.25) is 11.8 Å². The second-order valence-electron chi connectivity index (χ2n) is 6.84. The van der Waals surface area contributed by atoms with Gasteiger partial charge in [-0.1, -0.05) is 37.3 Å². The van der Waals surface area contributed by atoms with Gasteiger partial charge >= 0.3 is 0 Å². The van der Waals surface area contributed by atoms with E-state index in [4.69, 9.17) is 9.47 Å². The highest BCUT2D eigenvalue weighted by Gasteiger charge is 2.17. The Bertz CT molecular complexity index is 808. The van der Waals surface area contributed by atoms with Crippen molar-refractivity contribution in [3.05, 3.63) is 54.1 Å². The maximum Gasteiger partial charge on any atom is 0.243 e. The summed E-state index contributed by atoms with van der Waals surface area (Å²) in [6.45, 7) is 6.80. The molecule has 0 heterocycles. The first kappa shape index (κ1) is 22.3. The Morgan fingerprint density at radius 1 is 1.00 bits per heavy atom. The van der Waals surface area contributed by atoms with Crippen molar-refractivity contribution in [2.75, 3.05) is 32.1 Å². The predicted octanol–water partition coefficient (Wildman–Crippen LogP) is 4.07. The lowest BCUT2D eigenvalue weighted by atomic mass is 9.97. The Morgan fingerprint density at radius 2 is 1.66 bits per heavy atom. The predicted molar refractivity (Wildman–Crippen MR) is 115 cm³/mol. The number of ether oxygens (including phenoxy) is 2. The molecule has 29 heavy (non-hydrogen) atoms. The quantitative estimate of drug-likeness (QED) is 0.655. The fourth-order valence-electron chi connectivity index (χ4n) is 2.95. The Morgan fingerprint density at radius 3 is 2.31 bits per heavy atom. The summed E-state index contributed by atoms with van der Waals surface area (Å²) in [5.41, 5.74) is 1.71. The molecule has 0 radical (unpaired) electrons. The van der Waals surface area contributed by atoms with E-state index in [-0.39, 0.29) is 24.3 Å². The first-order valence-electron chi connectivity index (χ1n) is 9.93. The van der Waals surface area contributed by atoms with Crippen LogP contribution in [0.5, 0.6) is 11.5 Å². The van der Waals surface area contributed by atoms with E-state index < -0.39 is 0 Å². The summed E-state index contributed by atoms with van der Waals surface area (Å²) in [5.74, 6) is 0.968. The average molecular weight is 399 g/mol. The molecule has 0 aliphatic carbocycles. The lowest BCUT2D eigenvalue weighted by Crippen LogP contribution is -2.35. The van der Waals surface area contributed by atoms with Gasteiger partial charge in [0.15, 0.2) is 11.5 Å². The molecule has 0 aliphatic heterocycles. The second kappa shape index (κ2) is 11.1. The summed E-state index contributed by atoms with van der Waals surface area (Å²) >= 11 is 0. The monoisotopic (exact) mass is 398 g/mol. The van der Waals surface area contributed by atoms with Gasteiger partial charge in [-0.05, 0) is 37.5 Å². The highest BCUT2D eigenvalue weighted by atomic mass is 16.5. The Kier molecular flexibility index (Phi) is 8.52. The molecular formula is C23H30N2O4. The van der Waals surface area contributed by atoms with Gasteiger partial charge in [-0.25, -0.2) is 0 Å². The van der Waals surface area contributed by atoms with Crippen molar-refractivity contribution >= 4 is 17.5 Å². The zero-order valence-electron chi connectivity index (χ0n) is 17.6. The number of amides is 2. The standard InChI is InChI=1S/C23H30N2O4/c1-5-28-20-13-12-19(15-21(20)29-6-2)24-22(26)16-25(4)23(27)14-17(3)18-10-8-7-9-11-18/h7-13,15,17H,5-6,14,16H2,1-4H3,(H,24,26). The smallest absolute Gasteiger partial charge is 0.243 e. The molecule has 2 amide bonds. The van der Waals surface area contributed by atoms with Crippen LogP contribution in [0.3, 0.4) is 0 Å². The number of hydrogen-bond acceptors (Lipinski definition) is 4. The van der Waals surface area contributed by atoms with E-state index in [0.29, 0.717) is 36.8 Å². The van der Waals surface area contributed by atoms with Crippen molar-refractivity contribution in [1.29, 1.82) is 0 Å².